The van der Waals surface area contributed by atoms with Gasteiger partial charge in [-0.3, -0.25) is 19.4 Å². The molecule has 0 aromatic carbocycles. The summed E-state index contributed by atoms with van der Waals surface area (Å²) in [6, 6.07) is 1.00. The van der Waals surface area contributed by atoms with E-state index in [9.17, 15) is 9.59 Å². The second-order valence-electron chi connectivity index (χ2n) is 7.89. The summed E-state index contributed by atoms with van der Waals surface area (Å²) >= 11 is 0. The van der Waals surface area contributed by atoms with E-state index in [1.807, 2.05) is 4.90 Å². The van der Waals surface area contributed by atoms with Crippen molar-refractivity contribution in [2.45, 2.75) is 64.0 Å². The normalized spacial score (nSPS) is 25.8. The Kier molecular flexibility index (Phi) is 6.70. The van der Waals surface area contributed by atoms with Crippen LogP contribution in [0.25, 0.3) is 0 Å². The maximum atomic E-state index is 12.6. The molecular formula is C19H34N4O2. The van der Waals surface area contributed by atoms with Gasteiger partial charge in [0.15, 0.2) is 0 Å². The van der Waals surface area contributed by atoms with Crippen LogP contribution in [0.1, 0.15) is 51.9 Å². The van der Waals surface area contributed by atoms with Gasteiger partial charge in [-0.2, -0.15) is 0 Å². The standard InChI is InChI=1S/C19H34N4O2/c1-2-3-7-18(24)20-16-8-9-21(14-16)15-19(25)23-12-10-22(11-13-23)17-5-4-6-17/h16-17H,2-15H2,1H3,(H,20,24). The van der Waals surface area contributed by atoms with Crippen LogP contribution in [0, 0.1) is 0 Å². The molecule has 25 heavy (non-hydrogen) atoms. The molecule has 1 saturated carbocycles. The van der Waals surface area contributed by atoms with Crippen molar-refractivity contribution in [3.8, 4) is 0 Å². The van der Waals surface area contributed by atoms with Crippen LogP contribution in [0.3, 0.4) is 0 Å². The molecule has 3 aliphatic rings. The maximum Gasteiger partial charge on any atom is 0.236 e. The largest absolute Gasteiger partial charge is 0.352 e. The molecule has 0 aromatic rings. The van der Waals surface area contributed by atoms with Gasteiger partial charge in [0.2, 0.25) is 11.8 Å². The van der Waals surface area contributed by atoms with Crippen molar-refractivity contribution in [2.24, 2.45) is 0 Å². The number of unbranched alkanes of at least 4 members (excludes halogenated alkanes) is 1. The van der Waals surface area contributed by atoms with E-state index in [1.165, 1.54) is 19.3 Å². The number of hydrogen-bond acceptors (Lipinski definition) is 4. The molecule has 2 aliphatic heterocycles. The minimum absolute atomic E-state index is 0.159. The third-order valence-corrected chi connectivity index (χ3v) is 6.01. The summed E-state index contributed by atoms with van der Waals surface area (Å²) in [4.78, 5) is 31.2. The molecule has 142 valence electrons. The highest BCUT2D eigenvalue weighted by Gasteiger charge is 2.31. The van der Waals surface area contributed by atoms with Crippen LogP contribution in [0.15, 0.2) is 0 Å². The zero-order valence-electron chi connectivity index (χ0n) is 15.7. The summed E-state index contributed by atoms with van der Waals surface area (Å²) in [5.74, 6) is 0.415. The fourth-order valence-electron chi connectivity index (χ4n) is 4.11. The van der Waals surface area contributed by atoms with Crippen LogP contribution in [0.5, 0.6) is 0 Å². The lowest BCUT2D eigenvalue weighted by atomic mass is 9.91. The molecule has 0 spiro atoms. The number of carbonyl (C=O) groups is 2. The van der Waals surface area contributed by atoms with E-state index >= 15 is 0 Å². The van der Waals surface area contributed by atoms with Crippen molar-refractivity contribution in [3.05, 3.63) is 0 Å². The summed E-state index contributed by atoms with van der Waals surface area (Å²) in [5.41, 5.74) is 0. The first-order valence-electron chi connectivity index (χ1n) is 10.2. The molecule has 1 atom stereocenters. The molecular weight excluding hydrogens is 316 g/mol. The van der Waals surface area contributed by atoms with Crippen LogP contribution >= 0.6 is 0 Å². The second-order valence-corrected chi connectivity index (χ2v) is 7.89. The van der Waals surface area contributed by atoms with Gasteiger partial charge in [-0.05, 0) is 25.7 Å². The number of hydrogen-bond donors (Lipinski definition) is 1. The minimum atomic E-state index is 0.159. The van der Waals surface area contributed by atoms with Crippen molar-refractivity contribution in [2.75, 3.05) is 45.8 Å². The fourth-order valence-corrected chi connectivity index (χ4v) is 4.11. The first-order valence-corrected chi connectivity index (χ1v) is 10.2. The monoisotopic (exact) mass is 350 g/mol. The molecule has 0 aromatic heterocycles. The lowest BCUT2D eigenvalue weighted by molar-refractivity contribution is -0.134. The zero-order chi connectivity index (χ0) is 17.6. The van der Waals surface area contributed by atoms with Gasteiger partial charge in [-0.15, -0.1) is 0 Å². The van der Waals surface area contributed by atoms with Crippen molar-refractivity contribution < 1.29 is 9.59 Å². The SMILES string of the molecule is CCCCC(=O)NC1CCN(CC(=O)N2CCN(C3CCC3)CC2)C1. The quantitative estimate of drug-likeness (QED) is 0.746. The maximum absolute atomic E-state index is 12.6. The number of amides is 2. The number of carbonyl (C=O) groups excluding carboxylic acids is 2. The van der Waals surface area contributed by atoms with E-state index in [0.717, 1.165) is 64.6 Å². The molecule has 1 unspecified atom stereocenters. The first-order chi connectivity index (χ1) is 12.2. The van der Waals surface area contributed by atoms with Gasteiger partial charge in [-0.25, -0.2) is 0 Å². The summed E-state index contributed by atoms with van der Waals surface area (Å²) < 4.78 is 0. The average molecular weight is 351 g/mol. The van der Waals surface area contributed by atoms with Crippen LogP contribution in [0.2, 0.25) is 0 Å². The average Bonchev–Trinajstić information content (AvgIpc) is 2.99. The molecule has 2 heterocycles. The molecule has 2 amide bonds. The molecule has 3 fully saturated rings. The van der Waals surface area contributed by atoms with Crippen LogP contribution in [-0.4, -0.2) is 84.4 Å². The topological polar surface area (TPSA) is 55.9 Å². The Balaban J connectivity index is 1.34. The predicted octanol–water partition coefficient (Wildman–Crippen LogP) is 1.06. The van der Waals surface area contributed by atoms with Gasteiger partial charge in [0.1, 0.15) is 0 Å². The molecule has 3 rings (SSSR count). The van der Waals surface area contributed by atoms with Gasteiger partial charge in [0, 0.05) is 57.8 Å². The number of rotatable bonds is 7. The van der Waals surface area contributed by atoms with E-state index < -0.39 is 0 Å². The Morgan fingerprint density at radius 3 is 2.44 bits per heavy atom. The zero-order valence-corrected chi connectivity index (χ0v) is 15.7. The van der Waals surface area contributed by atoms with E-state index in [1.54, 1.807) is 0 Å². The molecule has 0 radical (unpaired) electrons. The number of nitrogens with zero attached hydrogens (tertiary/aromatic N) is 3. The Morgan fingerprint density at radius 2 is 1.80 bits per heavy atom. The summed E-state index contributed by atoms with van der Waals surface area (Å²) in [6.07, 6.45) is 7.63. The molecule has 1 N–H and O–H groups in total. The number of likely N-dealkylation sites (tertiary alicyclic amines) is 1. The lowest BCUT2D eigenvalue weighted by Crippen LogP contribution is -2.55. The second kappa shape index (κ2) is 8.99. The molecule has 6 heteroatoms. The number of nitrogens with one attached hydrogen (secondary N) is 1. The van der Waals surface area contributed by atoms with E-state index in [4.69, 9.17) is 0 Å². The molecule has 0 bridgehead atoms. The minimum Gasteiger partial charge on any atom is -0.352 e. The Labute approximate surface area is 151 Å². The van der Waals surface area contributed by atoms with Crippen molar-refractivity contribution >= 4 is 11.8 Å². The summed E-state index contributed by atoms with van der Waals surface area (Å²) in [6.45, 7) is 8.14. The third kappa shape index (κ3) is 5.17. The van der Waals surface area contributed by atoms with Crippen molar-refractivity contribution in [3.63, 3.8) is 0 Å². The summed E-state index contributed by atoms with van der Waals surface area (Å²) in [7, 11) is 0. The van der Waals surface area contributed by atoms with Gasteiger partial charge >= 0.3 is 0 Å². The molecule has 6 nitrogen and oxygen atoms in total. The van der Waals surface area contributed by atoms with Gasteiger partial charge in [-0.1, -0.05) is 19.8 Å². The third-order valence-electron chi connectivity index (χ3n) is 6.01. The van der Waals surface area contributed by atoms with E-state index in [-0.39, 0.29) is 17.9 Å². The van der Waals surface area contributed by atoms with Crippen LogP contribution < -0.4 is 5.32 Å². The summed E-state index contributed by atoms with van der Waals surface area (Å²) in [5, 5.41) is 3.12. The van der Waals surface area contributed by atoms with Gasteiger partial charge in [0.05, 0.1) is 6.54 Å². The Morgan fingerprint density at radius 1 is 1.04 bits per heavy atom. The Hall–Kier alpha value is -1.14. The fraction of sp³-hybridized carbons (Fsp3) is 0.895. The highest BCUT2D eigenvalue weighted by atomic mass is 16.2. The van der Waals surface area contributed by atoms with Gasteiger partial charge < -0.3 is 10.2 Å². The highest BCUT2D eigenvalue weighted by Crippen LogP contribution is 2.25. The van der Waals surface area contributed by atoms with Crippen LogP contribution in [-0.2, 0) is 9.59 Å². The smallest absolute Gasteiger partial charge is 0.236 e. The number of piperazine rings is 1. The molecule has 2 saturated heterocycles. The molecule has 1 aliphatic carbocycles. The predicted molar refractivity (Wildman–Crippen MR) is 98.3 cm³/mol. The van der Waals surface area contributed by atoms with E-state index in [0.29, 0.717) is 13.0 Å². The van der Waals surface area contributed by atoms with Crippen molar-refractivity contribution in [1.29, 1.82) is 0 Å². The van der Waals surface area contributed by atoms with E-state index in [2.05, 4.69) is 22.0 Å². The van der Waals surface area contributed by atoms with Crippen molar-refractivity contribution in [1.82, 2.24) is 20.0 Å². The highest BCUT2D eigenvalue weighted by molar-refractivity contribution is 5.78. The van der Waals surface area contributed by atoms with Crippen LogP contribution in [0.4, 0.5) is 0 Å². The Bertz CT molecular complexity index is 458. The first kappa shape index (κ1) is 18.6. The van der Waals surface area contributed by atoms with Gasteiger partial charge in [0.25, 0.3) is 0 Å². The lowest BCUT2D eigenvalue weighted by Gasteiger charge is -2.43.